The number of hydrogen-bond acceptors (Lipinski definition) is 5. The van der Waals surface area contributed by atoms with Gasteiger partial charge >= 0.3 is 0 Å². The number of piperazine rings is 1. The first kappa shape index (κ1) is 29.8. The van der Waals surface area contributed by atoms with Crippen molar-refractivity contribution in [1.29, 1.82) is 0 Å². The van der Waals surface area contributed by atoms with E-state index in [4.69, 9.17) is 28.6 Å². The number of benzene rings is 4. The zero-order valence-corrected chi connectivity index (χ0v) is 26.2. The molecule has 4 aromatic rings. The minimum absolute atomic E-state index is 0.00836. The molecule has 216 valence electrons. The molecule has 42 heavy (non-hydrogen) atoms. The quantitative estimate of drug-likeness (QED) is 0.205. The third-order valence-electron chi connectivity index (χ3n) is 7.03. The highest BCUT2D eigenvalue weighted by Crippen LogP contribution is 2.30. The summed E-state index contributed by atoms with van der Waals surface area (Å²) < 4.78 is 6.53. The van der Waals surface area contributed by atoms with Crippen molar-refractivity contribution in [2.45, 2.75) is 13.3 Å². The van der Waals surface area contributed by atoms with E-state index in [0.717, 1.165) is 33.1 Å². The Morgan fingerprint density at radius 2 is 1.67 bits per heavy atom. The lowest BCUT2D eigenvalue weighted by Crippen LogP contribution is -2.48. The van der Waals surface area contributed by atoms with E-state index in [2.05, 4.69) is 38.4 Å². The minimum atomic E-state index is -0.299. The molecule has 1 saturated heterocycles. The number of hydrogen-bond donors (Lipinski definition) is 2. The largest absolute Gasteiger partial charge is 0.494 e. The molecule has 0 saturated carbocycles. The van der Waals surface area contributed by atoms with Crippen LogP contribution in [0.2, 0.25) is 5.02 Å². The van der Waals surface area contributed by atoms with Gasteiger partial charge in [0.15, 0.2) is 5.11 Å². The van der Waals surface area contributed by atoms with Gasteiger partial charge in [0, 0.05) is 47.5 Å². The van der Waals surface area contributed by atoms with Crippen LogP contribution in [-0.4, -0.2) is 54.6 Å². The smallest absolute Gasteiger partial charge is 0.258 e. The Morgan fingerprint density at radius 1 is 0.952 bits per heavy atom. The van der Waals surface area contributed by atoms with Crippen molar-refractivity contribution in [3.8, 4) is 5.75 Å². The van der Waals surface area contributed by atoms with Gasteiger partial charge in [0.2, 0.25) is 0 Å². The van der Waals surface area contributed by atoms with Gasteiger partial charge in [-0.2, -0.15) is 0 Å². The first-order valence-electron chi connectivity index (χ1n) is 13.7. The number of carbonyl (C=O) groups excluding carboxylic acids is 2. The Balaban J connectivity index is 1.16. The highest BCUT2D eigenvalue weighted by atomic mass is 79.9. The second-order valence-corrected chi connectivity index (χ2v) is 11.5. The lowest BCUT2D eigenvalue weighted by Gasteiger charge is -2.36. The Kier molecular flexibility index (Phi) is 9.62. The molecule has 10 heteroatoms. The molecule has 5 rings (SSSR count). The average molecular weight is 666 g/mol. The summed E-state index contributed by atoms with van der Waals surface area (Å²) in [5.41, 5.74) is 2.72. The second-order valence-electron chi connectivity index (χ2n) is 9.87. The zero-order chi connectivity index (χ0) is 29.6. The van der Waals surface area contributed by atoms with Gasteiger partial charge in [0.1, 0.15) is 5.75 Å². The molecule has 1 aliphatic rings. The van der Waals surface area contributed by atoms with Crippen LogP contribution in [0, 0.1) is 0 Å². The number of fused-ring (bicyclic) bond motifs is 1. The van der Waals surface area contributed by atoms with Gasteiger partial charge in [0.25, 0.3) is 11.8 Å². The average Bonchev–Trinajstić information content (AvgIpc) is 3.00. The Hall–Kier alpha value is -3.66. The van der Waals surface area contributed by atoms with Crippen LogP contribution in [0.3, 0.4) is 0 Å². The maximum Gasteiger partial charge on any atom is 0.258 e. The van der Waals surface area contributed by atoms with Crippen LogP contribution in [0.25, 0.3) is 10.8 Å². The van der Waals surface area contributed by atoms with E-state index in [1.54, 1.807) is 12.1 Å². The van der Waals surface area contributed by atoms with Gasteiger partial charge in [-0.25, -0.2) is 0 Å². The van der Waals surface area contributed by atoms with Crippen LogP contribution in [-0.2, 0) is 0 Å². The van der Waals surface area contributed by atoms with E-state index in [1.165, 1.54) is 0 Å². The Morgan fingerprint density at radius 3 is 2.38 bits per heavy atom. The molecular formula is C32H30BrClN4O3S. The summed E-state index contributed by atoms with van der Waals surface area (Å²) in [4.78, 5) is 30.0. The predicted molar refractivity (Wildman–Crippen MR) is 177 cm³/mol. The first-order chi connectivity index (χ1) is 20.3. The van der Waals surface area contributed by atoms with Crippen molar-refractivity contribution in [2.75, 3.05) is 43.0 Å². The fourth-order valence-corrected chi connectivity index (χ4v) is 5.90. The van der Waals surface area contributed by atoms with Gasteiger partial charge < -0.3 is 19.9 Å². The van der Waals surface area contributed by atoms with Gasteiger partial charge in [-0.15, -0.1) is 0 Å². The maximum atomic E-state index is 13.0. The molecule has 0 aromatic heterocycles. The highest BCUT2D eigenvalue weighted by Gasteiger charge is 2.24. The van der Waals surface area contributed by atoms with Gasteiger partial charge in [-0.05, 0) is 84.0 Å². The van der Waals surface area contributed by atoms with E-state index in [-0.39, 0.29) is 16.9 Å². The predicted octanol–water partition coefficient (Wildman–Crippen LogP) is 7.13. The molecular weight excluding hydrogens is 636 g/mol. The van der Waals surface area contributed by atoms with Crippen molar-refractivity contribution >= 4 is 78.8 Å². The number of anilines is 2. The van der Waals surface area contributed by atoms with Crippen molar-refractivity contribution in [3.63, 3.8) is 0 Å². The van der Waals surface area contributed by atoms with Gasteiger partial charge in [-0.3, -0.25) is 14.9 Å². The number of thiocarbonyl (C=S) groups is 1. The van der Waals surface area contributed by atoms with E-state index in [0.29, 0.717) is 54.6 Å². The third-order valence-corrected chi connectivity index (χ3v) is 8.23. The molecule has 1 heterocycles. The monoisotopic (exact) mass is 664 g/mol. The Bertz CT molecular complexity index is 1620. The van der Waals surface area contributed by atoms with Crippen LogP contribution in [0.1, 0.15) is 34.1 Å². The number of nitrogens with one attached hydrogen (secondary N) is 2. The molecule has 0 aliphatic carbocycles. The fraction of sp³-hybridized carbons (Fsp3) is 0.219. The number of nitrogens with zero attached hydrogens (tertiary/aromatic N) is 2. The van der Waals surface area contributed by atoms with Crippen LogP contribution in [0.4, 0.5) is 11.4 Å². The van der Waals surface area contributed by atoms with Crippen molar-refractivity contribution in [2.24, 2.45) is 0 Å². The Labute approximate surface area is 263 Å². The molecule has 7 nitrogen and oxygen atoms in total. The van der Waals surface area contributed by atoms with Crippen LogP contribution in [0.15, 0.2) is 83.3 Å². The van der Waals surface area contributed by atoms with Crippen LogP contribution in [0.5, 0.6) is 5.75 Å². The number of halogens is 2. The number of rotatable bonds is 7. The van der Waals surface area contributed by atoms with E-state index in [9.17, 15) is 9.59 Å². The molecule has 0 radical (unpaired) electrons. The fourth-order valence-electron chi connectivity index (χ4n) is 4.89. The molecule has 0 spiro atoms. The molecule has 2 N–H and O–H groups in total. The van der Waals surface area contributed by atoms with E-state index >= 15 is 0 Å². The first-order valence-corrected chi connectivity index (χ1v) is 15.3. The van der Waals surface area contributed by atoms with Crippen LogP contribution >= 0.6 is 39.7 Å². The lowest BCUT2D eigenvalue weighted by atomic mass is 10.0. The summed E-state index contributed by atoms with van der Waals surface area (Å²) in [5, 5.41) is 8.32. The summed E-state index contributed by atoms with van der Waals surface area (Å²) in [5.74, 6) is 0.480. The van der Waals surface area contributed by atoms with E-state index in [1.807, 2.05) is 71.6 Å². The highest BCUT2D eigenvalue weighted by molar-refractivity contribution is 9.10. The third kappa shape index (κ3) is 6.86. The summed E-state index contributed by atoms with van der Waals surface area (Å²) >= 11 is 15.6. The molecule has 2 amide bonds. The zero-order valence-electron chi connectivity index (χ0n) is 23.0. The van der Waals surface area contributed by atoms with Crippen molar-refractivity contribution in [1.82, 2.24) is 10.2 Å². The van der Waals surface area contributed by atoms with E-state index < -0.39 is 0 Å². The molecule has 1 aliphatic heterocycles. The number of carbonyl (C=O) groups is 2. The lowest BCUT2D eigenvalue weighted by molar-refractivity contribution is 0.0746. The SMILES string of the molecule is CCCOc1ccc(C(=O)N2CCN(c3ccc(NC(=S)NC(=O)c4cccc5c(Br)cccc45)cc3Cl)CC2)cc1. The molecule has 1 fully saturated rings. The molecule has 4 aromatic carbocycles. The molecule has 0 atom stereocenters. The summed E-state index contributed by atoms with van der Waals surface area (Å²) in [6.45, 7) is 5.20. The van der Waals surface area contributed by atoms with Crippen molar-refractivity contribution in [3.05, 3.63) is 99.5 Å². The summed E-state index contributed by atoms with van der Waals surface area (Å²) in [6, 6.07) is 24.2. The number of amides is 2. The van der Waals surface area contributed by atoms with Crippen molar-refractivity contribution < 1.29 is 14.3 Å². The summed E-state index contributed by atoms with van der Waals surface area (Å²) in [6.07, 6.45) is 0.936. The van der Waals surface area contributed by atoms with Gasteiger partial charge in [-0.1, -0.05) is 58.7 Å². The van der Waals surface area contributed by atoms with Crippen LogP contribution < -0.4 is 20.3 Å². The molecule has 0 unspecified atom stereocenters. The maximum absolute atomic E-state index is 13.0. The molecule has 0 bridgehead atoms. The summed E-state index contributed by atoms with van der Waals surface area (Å²) in [7, 11) is 0. The normalized spacial score (nSPS) is 13.1. The second kappa shape index (κ2) is 13.5. The topological polar surface area (TPSA) is 73.9 Å². The minimum Gasteiger partial charge on any atom is -0.494 e. The standard InChI is InChI=1S/C32H30BrClN4O3S/c1-2-19-41-23-12-9-21(10-13-23)31(40)38-17-15-37(16-18-38)29-14-11-22(20-28(29)34)35-32(42)36-30(39)26-7-3-6-25-24(26)5-4-8-27(25)33/h3-14,20H,2,15-19H2,1H3,(H2,35,36,39,42). The number of ether oxygens (including phenoxy) is 1. The van der Waals surface area contributed by atoms with Gasteiger partial charge in [0.05, 0.1) is 17.3 Å².